The summed E-state index contributed by atoms with van der Waals surface area (Å²) >= 11 is 1.85. The molecule has 0 unspecified atom stereocenters. The number of benzene rings is 9. The fourth-order valence-electron chi connectivity index (χ4n) is 8.11. The lowest BCUT2D eigenvalue weighted by Crippen LogP contribution is -2.10. The fourth-order valence-corrected chi connectivity index (χ4v) is 9.20. The molecule has 0 aliphatic heterocycles. The van der Waals surface area contributed by atoms with Crippen molar-refractivity contribution < 1.29 is 4.42 Å². The first-order valence-corrected chi connectivity index (χ1v) is 18.8. The third-order valence-electron chi connectivity index (χ3n) is 10.6. The van der Waals surface area contributed by atoms with Crippen molar-refractivity contribution in [2.45, 2.75) is 0 Å². The molecule has 0 N–H and O–H groups in total. The van der Waals surface area contributed by atoms with E-state index in [4.69, 9.17) is 4.42 Å². The number of rotatable bonds is 5. The summed E-state index contributed by atoms with van der Waals surface area (Å²) in [6, 6.07) is 68.0. The zero-order valence-corrected chi connectivity index (χ0v) is 29.5. The van der Waals surface area contributed by atoms with Crippen LogP contribution in [0.1, 0.15) is 0 Å². The molecule has 0 spiro atoms. The van der Waals surface area contributed by atoms with Crippen LogP contribution < -0.4 is 4.90 Å². The van der Waals surface area contributed by atoms with Gasteiger partial charge in [-0.25, -0.2) is 0 Å². The third-order valence-corrected chi connectivity index (χ3v) is 11.8. The van der Waals surface area contributed by atoms with Gasteiger partial charge < -0.3 is 9.32 Å². The highest BCUT2D eigenvalue weighted by molar-refractivity contribution is 7.25. The van der Waals surface area contributed by atoms with Crippen molar-refractivity contribution in [1.82, 2.24) is 0 Å². The predicted molar refractivity (Wildman–Crippen MR) is 227 cm³/mol. The average Bonchev–Trinajstić information content (AvgIpc) is 3.80. The van der Waals surface area contributed by atoms with Gasteiger partial charge in [-0.3, -0.25) is 0 Å². The van der Waals surface area contributed by atoms with Crippen molar-refractivity contribution >= 4 is 92.1 Å². The molecule has 0 radical (unpaired) electrons. The van der Waals surface area contributed by atoms with E-state index in [9.17, 15) is 0 Å². The maximum absolute atomic E-state index is 6.98. The van der Waals surface area contributed by atoms with Crippen LogP contribution in [0.4, 0.5) is 17.1 Å². The van der Waals surface area contributed by atoms with Crippen molar-refractivity contribution in [1.29, 1.82) is 0 Å². The van der Waals surface area contributed by atoms with E-state index in [0.29, 0.717) is 0 Å². The Morgan fingerprint density at radius 1 is 0.396 bits per heavy atom. The van der Waals surface area contributed by atoms with Crippen molar-refractivity contribution in [2.24, 2.45) is 0 Å². The van der Waals surface area contributed by atoms with E-state index in [1.807, 2.05) is 11.3 Å². The maximum atomic E-state index is 6.98. The van der Waals surface area contributed by atoms with Gasteiger partial charge in [0, 0.05) is 42.5 Å². The molecule has 0 bridgehead atoms. The summed E-state index contributed by atoms with van der Waals surface area (Å²) in [4.78, 5) is 2.43. The van der Waals surface area contributed by atoms with E-state index >= 15 is 0 Å². The first-order valence-electron chi connectivity index (χ1n) is 18.0. The number of anilines is 3. The molecule has 2 aromatic heterocycles. The minimum absolute atomic E-state index is 0.870. The molecule has 248 valence electrons. The lowest BCUT2D eigenvalue weighted by Gasteiger charge is -2.27. The van der Waals surface area contributed by atoms with Crippen LogP contribution in [0.3, 0.4) is 0 Å². The van der Waals surface area contributed by atoms with Crippen LogP contribution in [-0.2, 0) is 0 Å². The van der Waals surface area contributed by atoms with Gasteiger partial charge in [-0.05, 0) is 98.9 Å². The number of hydrogen-bond acceptors (Lipinski definition) is 3. The van der Waals surface area contributed by atoms with Crippen LogP contribution in [0.15, 0.2) is 192 Å². The molecule has 9 aromatic carbocycles. The van der Waals surface area contributed by atoms with E-state index < -0.39 is 0 Å². The number of thiophene rings is 1. The molecule has 11 aromatic rings. The Bertz CT molecular complexity index is 3180. The molecule has 0 saturated carbocycles. The Morgan fingerprint density at radius 3 is 1.87 bits per heavy atom. The average molecular weight is 694 g/mol. The highest BCUT2D eigenvalue weighted by Crippen LogP contribution is 2.48. The molecule has 0 amide bonds. The molecule has 0 aliphatic rings. The van der Waals surface area contributed by atoms with E-state index in [0.717, 1.165) is 55.7 Å². The minimum Gasteiger partial charge on any atom is -0.455 e. The smallest absolute Gasteiger partial charge is 0.145 e. The van der Waals surface area contributed by atoms with Crippen LogP contribution in [0.5, 0.6) is 0 Å². The second-order valence-electron chi connectivity index (χ2n) is 13.7. The van der Waals surface area contributed by atoms with Crippen molar-refractivity contribution in [3.63, 3.8) is 0 Å². The summed E-state index contributed by atoms with van der Waals surface area (Å²) in [5.74, 6) is 0. The van der Waals surface area contributed by atoms with Crippen LogP contribution in [-0.4, -0.2) is 0 Å². The highest BCUT2D eigenvalue weighted by atomic mass is 32.1. The quantitative estimate of drug-likeness (QED) is 0.167. The molecule has 53 heavy (non-hydrogen) atoms. The van der Waals surface area contributed by atoms with Gasteiger partial charge in [0.1, 0.15) is 11.2 Å². The Balaban J connectivity index is 1.23. The van der Waals surface area contributed by atoms with Crippen LogP contribution in [0.2, 0.25) is 0 Å². The zero-order valence-electron chi connectivity index (χ0n) is 28.7. The van der Waals surface area contributed by atoms with Gasteiger partial charge >= 0.3 is 0 Å². The maximum Gasteiger partial charge on any atom is 0.145 e. The molecule has 0 fully saturated rings. The van der Waals surface area contributed by atoms with Gasteiger partial charge in [0.05, 0.1) is 11.1 Å². The van der Waals surface area contributed by atoms with Gasteiger partial charge in [-0.1, -0.05) is 127 Å². The van der Waals surface area contributed by atoms with Crippen molar-refractivity contribution in [3.8, 4) is 22.3 Å². The van der Waals surface area contributed by atoms with Gasteiger partial charge in [-0.15, -0.1) is 11.3 Å². The summed E-state index contributed by atoms with van der Waals surface area (Å²) in [5.41, 5.74) is 9.52. The largest absolute Gasteiger partial charge is 0.455 e. The summed E-state index contributed by atoms with van der Waals surface area (Å²) in [6.45, 7) is 0. The first-order chi connectivity index (χ1) is 26.3. The van der Waals surface area contributed by atoms with E-state index in [1.54, 1.807) is 0 Å². The zero-order chi connectivity index (χ0) is 34.9. The lowest BCUT2D eigenvalue weighted by molar-refractivity contribution is 0.670. The molecule has 0 saturated heterocycles. The van der Waals surface area contributed by atoms with E-state index in [-0.39, 0.29) is 0 Å². The molecule has 2 nitrogen and oxygen atoms in total. The SMILES string of the molecule is c1ccc(-c2ccc3c(c2)oc2c(-c4ccccc4)ccc(N(c4ccc5ccc6ccccc6c5c4)c4ccc5sc6ccccc6c5c4)c23)cc1. The second-order valence-corrected chi connectivity index (χ2v) is 14.8. The number of furan rings is 1. The molecule has 2 heterocycles. The number of nitrogens with zero attached hydrogens (tertiary/aromatic N) is 1. The molecule has 0 aliphatic carbocycles. The topological polar surface area (TPSA) is 16.4 Å². The minimum atomic E-state index is 0.870. The van der Waals surface area contributed by atoms with Crippen LogP contribution in [0, 0.1) is 0 Å². The fraction of sp³-hybridized carbons (Fsp3) is 0. The standard InChI is InChI=1S/C50H31NOS/c1-3-11-32(12-4-1)36-22-25-42-46(29-36)52-50-40(33-13-5-2-6-14-33)26-27-45(49(42)50)51(38-24-28-48-44(31-38)41-17-9-10-18-47(41)53-48)37-23-21-35-20-19-34-15-7-8-16-39(34)43(35)30-37/h1-31H. The van der Waals surface area contributed by atoms with Crippen molar-refractivity contribution in [2.75, 3.05) is 4.90 Å². The Morgan fingerprint density at radius 2 is 1.04 bits per heavy atom. The van der Waals surface area contributed by atoms with E-state index in [2.05, 4.69) is 193 Å². The van der Waals surface area contributed by atoms with Gasteiger partial charge in [0.2, 0.25) is 0 Å². The molecular formula is C50H31NOS. The number of hydrogen-bond donors (Lipinski definition) is 0. The summed E-state index contributed by atoms with van der Waals surface area (Å²) in [5, 5.41) is 9.66. The van der Waals surface area contributed by atoms with Gasteiger partial charge in [0.25, 0.3) is 0 Å². The van der Waals surface area contributed by atoms with Gasteiger partial charge in [0.15, 0.2) is 0 Å². The monoisotopic (exact) mass is 693 g/mol. The molecule has 0 atom stereocenters. The molecule has 11 rings (SSSR count). The van der Waals surface area contributed by atoms with Gasteiger partial charge in [-0.2, -0.15) is 0 Å². The predicted octanol–water partition coefficient (Wildman–Crippen LogP) is 15.1. The Labute approximate surface area is 310 Å². The normalized spacial score (nSPS) is 11.8. The third kappa shape index (κ3) is 4.86. The summed E-state index contributed by atoms with van der Waals surface area (Å²) < 4.78 is 9.56. The molecule has 3 heteroatoms. The van der Waals surface area contributed by atoms with Crippen LogP contribution in [0.25, 0.3) is 85.9 Å². The number of fused-ring (bicyclic) bond motifs is 9. The summed E-state index contributed by atoms with van der Waals surface area (Å²) in [6.07, 6.45) is 0. The first kappa shape index (κ1) is 30.0. The van der Waals surface area contributed by atoms with Crippen molar-refractivity contribution in [3.05, 3.63) is 188 Å². The van der Waals surface area contributed by atoms with Crippen LogP contribution >= 0.6 is 11.3 Å². The van der Waals surface area contributed by atoms with E-state index in [1.165, 1.54) is 47.3 Å². The highest BCUT2D eigenvalue weighted by Gasteiger charge is 2.23. The lowest BCUT2D eigenvalue weighted by atomic mass is 9.98. The Hall–Kier alpha value is -6.68. The summed E-state index contributed by atoms with van der Waals surface area (Å²) in [7, 11) is 0. The second kappa shape index (κ2) is 11.9. The molecular weight excluding hydrogens is 663 g/mol. The Kier molecular flexibility index (Phi) is 6.76.